The lowest BCUT2D eigenvalue weighted by Gasteiger charge is -2.16. The largest absolute Gasteiger partial charge is 0.507 e. The van der Waals surface area contributed by atoms with Crippen LogP contribution in [0.4, 0.5) is 5.69 Å². The number of ether oxygens (including phenoxy) is 2. The first kappa shape index (κ1) is 16.8. The van der Waals surface area contributed by atoms with Crippen molar-refractivity contribution in [1.82, 2.24) is 0 Å². The van der Waals surface area contributed by atoms with Crippen molar-refractivity contribution in [3.63, 3.8) is 0 Å². The first-order valence-corrected chi connectivity index (χ1v) is 8.05. The van der Waals surface area contributed by atoms with Gasteiger partial charge < -0.3 is 20.3 Å². The van der Waals surface area contributed by atoms with Gasteiger partial charge in [0.05, 0.1) is 11.7 Å². The lowest BCUT2D eigenvalue weighted by molar-refractivity contribution is 0.0204. The number of nitrogen functional groups attached to an aromatic ring is 1. The molecule has 0 saturated heterocycles. The number of hydrogen-bond acceptors (Lipinski definition) is 6. The van der Waals surface area contributed by atoms with Crippen molar-refractivity contribution in [3.05, 3.63) is 59.2 Å². The number of aromatic hydroxyl groups is 1. The Morgan fingerprint density at radius 1 is 1.32 bits per heavy atom. The molecule has 0 radical (unpaired) electrons. The molecule has 2 aromatic rings. The molecule has 0 bridgehead atoms. The van der Waals surface area contributed by atoms with Gasteiger partial charge in [0.2, 0.25) is 0 Å². The number of nitrogens with two attached hydrogens (primary N) is 1. The lowest BCUT2D eigenvalue weighted by Crippen LogP contribution is -2.16. The highest BCUT2D eigenvalue weighted by molar-refractivity contribution is 5.94. The SMILES string of the molecule is CC(CC[C@@H]1OC(=O)c2ccccc21)OC(=O)c1ccc(N)cc1O. The summed E-state index contributed by atoms with van der Waals surface area (Å²) in [5.41, 5.74) is 7.43. The van der Waals surface area contributed by atoms with Crippen LogP contribution in [0.5, 0.6) is 5.75 Å². The van der Waals surface area contributed by atoms with E-state index < -0.39 is 12.1 Å². The molecule has 3 rings (SSSR count). The van der Waals surface area contributed by atoms with Crippen molar-refractivity contribution in [3.8, 4) is 5.75 Å². The maximum atomic E-state index is 12.1. The number of cyclic esters (lactones) is 1. The Morgan fingerprint density at radius 2 is 2.08 bits per heavy atom. The van der Waals surface area contributed by atoms with Crippen LogP contribution in [0.25, 0.3) is 0 Å². The zero-order valence-corrected chi connectivity index (χ0v) is 13.8. The molecule has 25 heavy (non-hydrogen) atoms. The predicted octanol–water partition coefficient (Wildman–Crippen LogP) is 3.21. The van der Waals surface area contributed by atoms with Gasteiger partial charge in [0, 0.05) is 17.3 Å². The summed E-state index contributed by atoms with van der Waals surface area (Å²) in [6.45, 7) is 1.76. The zero-order valence-electron chi connectivity index (χ0n) is 13.8. The van der Waals surface area contributed by atoms with Gasteiger partial charge in [0.1, 0.15) is 17.4 Å². The molecular weight excluding hydrogens is 322 g/mol. The van der Waals surface area contributed by atoms with Crippen LogP contribution in [-0.4, -0.2) is 23.1 Å². The van der Waals surface area contributed by atoms with E-state index in [1.165, 1.54) is 18.2 Å². The molecule has 2 atom stereocenters. The minimum atomic E-state index is -0.617. The van der Waals surface area contributed by atoms with Gasteiger partial charge in [0.25, 0.3) is 0 Å². The van der Waals surface area contributed by atoms with Crippen molar-refractivity contribution in [2.45, 2.75) is 32.0 Å². The van der Waals surface area contributed by atoms with E-state index in [-0.39, 0.29) is 23.4 Å². The molecule has 130 valence electrons. The molecule has 1 heterocycles. The van der Waals surface area contributed by atoms with Crippen LogP contribution in [0.1, 0.15) is 52.1 Å². The molecule has 0 spiro atoms. The van der Waals surface area contributed by atoms with Crippen LogP contribution in [0.15, 0.2) is 42.5 Å². The summed E-state index contributed by atoms with van der Waals surface area (Å²) in [6, 6.07) is 11.5. The highest BCUT2D eigenvalue weighted by atomic mass is 16.6. The zero-order chi connectivity index (χ0) is 18.0. The third kappa shape index (κ3) is 3.57. The molecular formula is C19H19NO5. The summed E-state index contributed by atoms with van der Waals surface area (Å²) in [4.78, 5) is 23.9. The van der Waals surface area contributed by atoms with E-state index in [1.807, 2.05) is 12.1 Å². The van der Waals surface area contributed by atoms with Gasteiger partial charge in [-0.15, -0.1) is 0 Å². The van der Waals surface area contributed by atoms with E-state index in [1.54, 1.807) is 19.1 Å². The topological polar surface area (TPSA) is 98.9 Å². The summed E-state index contributed by atoms with van der Waals surface area (Å²) in [5.74, 6) is -1.15. The minimum absolute atomic E-state index is 0.0682. The Balaban J connectivity index is 1.58. The molecule has 1 unspecified atom stereocenters. The molecule has 1 aliphatic heterocycles. The van der Waals surface area contributed by atoms with Crippen molar-refractivity contribution >= 4 is 17.6 Å². The normalized spacial score (nSPS) is 16.8. The van der Waals surface area contributed by atoms with Crippen LogP contribution in [0.2, 0.25) is 0 Å². The van der Waals surface area contributed by atoms with Gasteiger partial charge in [-0.3, -0.25) is 0 Å². The lowest BCUT2D eigenvalue weighted by atomic mass is 10.0. The van der Waals surface area contributed by atoms with Crippen LogP contribution in [0, 0.1) is 0 Å². The Morgan fingerprint density at radius 3 is 2.84 bits per heavy atom. The Hall–Kier alpha value is -3.02. The van der Waals surface area contributed by atoms with Gasteiger partial charge in [-0.1, -0.05) is 18.2 Å². The van der Waals surface area contributed by atoms with Crippen molar-refractivity contribution in [2.75, 3.05) is 5.73 Å². The standard InChI is InChI=1S/C19H19NO5/c1-11(24-19(23)15-8-7-12(20)10-16(15)21)6-9-17-13-4-2-3-5-14(13)18(22)25-17/h2-5,7-8,10-11,17,21H,6,9,20H2,1H3/t11?,17-/m0/s1. The number of phenolic OH excluding ortho intramolecular Hbond substituents is 1. The number of hydrogen-bond donors (Lipinski definition) is 2. The van der Waals surface area contributed by atoms with Gasteiger partial charge in [-0.2, -0.15) is 0 Å². The van der Waals surface area contributed by atoms with Crippen LogP contribution >= 0.6 is 0 Å². The smallest absolute Gasteiger partial charge is 0.342 e. The predicted molar refractivity (Wildman–Crippen MR) is 91.2 cm³/mol. The van der Waals surface area contributed by atoms with Crippen LogP contribution in [0.3, 0.4) is 0 Å². The number of esters is 2. The maximum absolute atomic E-state index is 12.1. The highest BCUT2D eigenvalue weighted by Gasteiger charge is 2.30. The molecule has 2 aromatic carbocycles. The second kappa shape index (κ2) is 6.84. The third-order valence-electron chi connectivity index (χ3n) is 4.16. The molecule has 0 saturated carbocycles. The number of benzene rings is 2. The molecule has 0 amide bonds. The van der Waals surface area contributed by atoms with Crippen molar-refractivity contribution < 1.29 is 24.2 Å². The van der Waals surface area contributed by atoms with Crippen LogP contribution in [-0.2, 0) is 9.47 Å². The second-order valence-electron chi connectivity index (χ2n) is 6.05. The van der Waals surface area contributed by atoms with Gasteiger partial charge in [-0.25, -0.2) is 9.59 Å². The Labute approximate surface area is 145 Å². The number of carbonyl (C=O) groups excluding carboxylic acids is 2. The van der Waals surface area contributed by atoms with E-state index in [2.05, 4.69) is 0 Å². The summed E-state index contributed by atoms with van der Waals surface area (Å²) >= 11 is 0. The molecule has 0 aliphatic carbocycles. The maximum Gasteiger partial charge on any atom is 0.342 e. The number of phenols is 1. The minimum Gasteiger partial charge on any atom is -0.507 e. The fourth-order valence-corrected chi connectivity index (χ4v) is 2.85. The Bertz CT molecular complexity index is 817. The summed E-state index contributed by atoms with van der Waals surface area (Å²) in [5, 5.41) is 9.78. The van der Waals surface area contributed by atoms with E-state index in [0.29, 0.717) is 24.1 Å². The molecule has 6 heteroatoms. The average molecular weight is 341 g/mol. The fourth-order valence-electron chi connectivity index (χ4n) is 2.85. The van der Waals surface area contributed by atoms with Crippen molar-refractivity contribution in [1.29, 1.82) is 0 Å². The summed E-state index contributed by atoms with van der Waals surface area (Å²) in [6.07, 6.45) is 0.351. The van der Waals surface area contributed by atoms with Crippen LogP contribution < -0.4 is 5.73 Å². The average Bonchev–Trinajstić information content (AvgIpc) is 2.89. The number of rotatable bonds is 5. The number of anilines is 1. The van der Waals surface area contributed by atoms with Gasteiger partial charge in [0.15, 0.2) is 0 Å². The van der Waals surface area contributed by atoms with E-state index in [4.69, 9.17) is 15.2 Å². The fraction of sp³-hybridized carbons (Fsp3) is 0.263. The molecule has 1 aliphatic rings. The van der Waals surface area contributed by atoms with Gasteiger partial charge >= 0.3 is 11.9 Å². The molecule has 3 N–H and O–H groups in total. The number of carbonyl (C=O) groups is 2. The number of fused-ring (bicyclic) bond motifs is 1. The summed E-state index contributed by atoms with van der Waals surface area (Å²) < 4.78 is 10.7. The summed E-state index contributed by atoms with van der Waals surface area (Å²) in [7, 11) is 0. The van der Waals surface area contributed by atoms with E-state index in [9.17, 15) is 14.7 Å². The third-order valence-corrected chi connectivity index (χ3v) is 4.16. The quantitative estimate of drug-likeness (QED) is 0.640. The van der Waals surface area contributed by atoms with Crippen molar-refractivity contribution in [2.24, 2.45) is 0 Å². The van der Waals surface area contributed by atoms with E-state index >= 15 is 0 Å². The Kier molecular flexibility index (Phi) is 4.61. The van der Waals surface area contributed by atoms with E-state index in [0.717, 1.165) is 5.56 Å². The van der Waals surface area contributed by atoms with Gasteiger partial charge in [-0.05, 0) is 38.0 Å². The first-order chi connectivity index (χ1) is 12.0. The highest BCUT2D eigenvalue weighted by Crippen LogP contribution is 2.34. The molecule has 0 fully saturated rings. The first-order valence-electron chi connectivity index (χ1n) is 8.05. The molecule has 0 aromatic heterocycles. The molecule has 6 nitrogen and oxygen atoms in total. The monoisotopic (exact) mass is 341 g/mol. The second-order valence-corrected chi connectivity index (χ2v) is 6.05.